The number of hydrogen-bond donors (Lipinski definition) is 1. The topological polar surface area (TPSA) is 58.6 Å². The summed E-state index contributed by atoms with van der Waals surface area (Å²) in [6.45, 7) is 0.363. The van der Waals surface area contributed by atoms with Crippen LogP contribution >= 0.6 is 0 Å². The molecule has 2 amide bonds. The molecule has 2 aromatic rings. The minimum absolute atomic E-state index is 0.279. The minimum atomic E-state index is -0.307. The standard InChI is InChI=1S/C19H18N2O3/c1-24-16-9-5-8-15(12-16)20-17-13-18(22)21(19(17)23)11-10-14-6-3-2-4-7-14/h2-9,12-13,20H,10-11H2,1H3. The summed E-state index contributed by atoms with van der Waals surface area (Å²) in [6, 6.07) is 17.0. The van der Waals surface area contributed by atoms with Gasteiger partial charge in [-0.05, 0) is 24.1 Å². The number of nitrogens with zero attached hydrogens (tertiary/aromatic N) is 1. The summed E-state index contributed by atoms with van der Waals surface area (Å²) in [5.74, 6) is 0.0818. The Balaban J connectivity index is 1.65. The fourth-order valence-corrected chi connectivity index (χ4v) is 2.55. The highest BCUT2D eigenvalue weighted by Gasteiger charge is 2.30. The summed E-state index contributed by atoms with van der Waals surface area (Å²) < 4.78 is 5.15. The molecule has 0 unspecified atom stereocenters. The van der Waals surface area contributed by atoms with E-state index >= 15 is 0 Å². The van der Waals surface area contributed by atoms with Gasteiger partial charge in [-0.1, -0.05) is 36.4 Å². The van der Waals surface area contributed by atoms with E-state index in [2.05, 4.69) is 5.32 Å². The summed E-state index contributed by atoms with van der Waals surface area (Å²) in [7, 11) is 1.58. The predicted molar refractivity (Wildman–Crippen MR) is 91.6 cm³/mol. The van der Waals surface area contributed by atoms with Crippen molar-refractivity contribution in [3.05, 3.63) is 71.9 Å². The molecule has 0 saturated heterocycles. The lowest BCUT2D eigenvalue weighted by atomic mass is 10.1. The minimum Gasteiger partial charge on any atom is -0.497 e. The van der Waals surface area contributed by atoms with Gasteiger partial charge in [-0.2, -0.15) is 0 Å². The highest BCUT2D eigenvalue weighted by atomic mass is 16.5. The Hall–Kier alpha value is -3.08. The van der Waals surface area contributed by atoms with Crippen LogP contribution in [-0.2, 0) is 16.0 Å². The quantitative estimate of drug-likeness (QED) is 0.831. The van der Waals surface area contributed by atoms with Crippen LogP contribution in [0.5, 0.6) is 5.75 Å². The van der Waals surface area contributed by atoms with Crippen molar-refractivity contribution in [3.8, 4) is 5.75 Å². The fraction of sp³-hybridized carbons (Fsp3) is 0.158. The van der Waals surface area contributed by atoms with E-state index in [1.165, 1.54) is 11.0 Å². The molecule has 0 saturated carbocycles. The number of hydrogen-bond acceptors (Lipinski definition) is 4. The SMILES string of the molecule is COc1cccc(NC2=CC(=O)N(CCc3ccccc3)C2=O)c1. The Morgan fingerprint density at radius 1 is 1.04 bits per heavy atom. The normalized spacial score (nSPS) is 13.9. The van der Waals surface area contributed by atoms with Crippen molar-refractivity contribution in [2.24, 2.45) is 0 Å². The van der Waals surface area contributed by atoms with E-state index in [1.54, 1.807) is 13.2 Å². The molecule has 1 aliphatic heterocycles. The van der Waals surface area contributed by atoms with Gasteiger partial charge < -0.3 is 10.1 Å². The largest absolute Gasteiger partial charge is 0.497 e. The average molecular weight is 322 g/mol. The number of benzene rings is 2. The van der Waals surface area contributed by atoms with E-state index in [0.717, 1.165) is 5.56 Å². The molecule has 1 heterocycles. The third kappa shape index (κ3) is 3.46. The Morgan fingerprint density at radius 2 is 1.83 bits per heavy atom. The van der Waals surface area contributed by atoms with Crippen LogP contribution in [0.25, 0.3) is 0 Å². The van der Waals surface area contributed by atoms with Crippen LogP contribution in [0.1, 0.15) is 5.56 Å². The van der Waals surface area contributed by atoms with Crippen molar-refractivity contribution in [1.82, 2.24) is 4.90 Å². The lowest BCUT2D eigenvalue weighted by Gasteiger charge is -2.15. The molecule has 0 atom stereocenters. The van der Waals surface area contributed by atoms with E-state index < -0.39 is 0 Å². The average Bonchev–Trinajstić information content (AvgIpc) is 2.87. The second kappa shape index (κ2) is 7.00. The number of carbonyl (C=O) groups is 2. The Bertz CT molecular complexity index is 784. The third-order valence-corrected chi connectivity index (χ3v) is 3.83. The van der Waals surface area contributed by atoms with Crippen molar-refractivity contribution in [2.45, 2.75) is 6.42 Å². The smallest absolute Gasteiger partial charge is 0.277 e. The van der Waals surface area contributed by atoms with E-state index in [0.29, 0.717) is 24.4 Å². The van der Waals surface area contributed by atoms with Crippen molar-refractivity contribution < 1.29 is 14.3 Å². The molecule has 5 nitrogen and oxygen atoms in total. The van der Waals surface area contributed by atoms with Crippen LogP contribution in [0, 0.1) is 0 Å². The molecule has 2 aromatic carbocycles. The molecular formula is C19H18N2O3. The molecule has 0 aromatic heterocycles. The number of rotatable bonds is 6. The van der Waals surface area contributed by atoms with Crippen molar-refractivity contribution >= 4 is 17.5 Å². The van der Waals surface area contributed by atoms with Gasteiger partial charge in [0.15, 0.2) is 0 Å². The summed E-state index contributed by atoms with van der Waals surface area (Å²) in [4.78, 5) is 25.8. The number of amides is 2. The molecular weight excluding hydrogens is 304 g/mol. The number of ether oxygens (including phenoxy) is 1. The predicted octanol–water partition coefficient (Wildman–Crippen LogP) is 2.60. The fourth-order valence-electron chi connectivity index (χ4n) is 2.55. The maximum absolute atomic E-state index is 12.4. The number of anilines is 1. The van der Waals surface area contributed by atoms with Crippen molar-refractivity contribution in [1.29, 1.82) is 0 Å². The Kier molecular flexibility index (Phi) is 4.61. The maximum atomic E-state index is 12.4. The third-order valence-electron chi connectivity index (χ3n) is 3.83. The van der Waals surface area contributed by atoms with E-state index in [-0.39, 0.29) is 17.5 Å². The first-order valence-electron chi connectivity index (χ1n) is 7.70. The number of imide groups is 1. The van der Waals surface area contributed by atoms with E-state index in [9.17, 15) is 9.59 Å². The number of nitrogens with one attached hydrogen (secondary N) is 1. The van der Waals surface area contributed by atoms with Gasteiger partial charge in [0.2, 0.25) is 0 Å². The first kappa shape index (κ1) is 15.8. The maximum Gasteiger partial charge on any atom is 0.277 e. The first-order chi connectivity index (χ1) is 11.7. The van der Waals surface area contributed by atoms with Gasteiger partial charge in [-0.15, -0.1) is 0 Å². The molecule has 24 heavy (non-hydrogen) atoms. The molecule has 1 N–H and O–H groups in total. The highest BCUT2D eigenvalue weighted by Crippen LogP contribution is 2.21. The molecule has 0 aliphatic carbocycles. The molecule has 122 valence electrons. The molecule has 0 radical (unpaired) electrons. The molecule has 1 aliphatic rings. The van der Waals surface area contributed by atoms with Crippen LogP contribution in [0.15, 0.2) is 66.4 Å². The summed E-state index contributed by atoms with van der Waals surface area (Å²) in [5.41, 5.74) is 2.07. The van der Waals surface area contributed by atoms with Gasteiger partial charge in [0, 0.05) is 24.4 Å². The van der Waals surface area contributed by atoms with Gasteiger partial charge in [0.1, 0.15) is 11.4 Å². The zero-order valence-electron chi connectivity index (χ0n) is 13.4. The van der Waals surface area contributed by atoms with E-state index in [1.807, 2.05) is 48.5 Å². The van der Waals surface area contributed by atoms with Crippen LogP contribution < -0.4 is 10.1 Å². The summed E-state index contributed by atoms with van der Waals surface area (Å²) in [5, 5.41) is 2.99. The molecule has 0 spiro atoms. The molecule has 3 rings (SSSR count). The highest BCUT2D eigenvalue weighted by molar-refractivity contribution is 6.17. The number of carbonyl (C=O) groups excluding carboxylic acids is 2. The Labute approximate surface area is 140 Å². The monoisotopic (exact) mass is 322 g/mol. The van der Waals surface area contributed by atoms with Gasteiger partial charge >= 0.3 is 0 Å². The lowest BCUT2D eigenvalue weighted by molar-refractivity contribution is -0.137. The second-order valence-electron chi connectivity index (χ2n) is 5.45. The molecule has 0 bridgehead atoms. The van der Waals surface area contributed by atoms with Crippen LogP contribution in [-0.4, -0.2) is 30.4 Å². The Morgan fingerprint density at radius 3 is 2.58 bits per heavy atom. The first-order valence-corrected chi connectivity index (χ1v) is 7.70. The van der Waals surface area contributed by atoms with Gasteiger partial charge in [-0.3, -0.25) is 14.5 Å². The lowest BCUT2D eigenvalue weighted by Crippen LogP contribution is -2.33. The van der Waals surface area contributed by atoms with Crippen LogP contribution in [0.4, 0.5) is 5.69 Å². The zero-order chi connectivity index (χ0) is 16.9. The number of methoxy groups -OCH3 is 1. The second-order valence-corrected chi connectivity index (χ2v) is 5.45. The van der Waals surface area contributed by atoms with Crippen LogP contribution in [0.2, 0.25) is 0 Å². The van der Waals surface area contributed by atoms with Crippen molar-refractivity contribution in [3.63, 3.8) is 0 Å². The molecule has 5 heteroatoms. The van der Waals surface area contributed by atoms with Gasteiger partial charge in [-0.25, -0.2) is 0 Å². The zero-order valence-corrected chi connectivity index (χ0v) is 13.4. The summed E-state index contributed by atoms with van der Waals surface area (Å²) in [6.07, 6.45) is 1.98. The van der Waals surface area contributed by atoms with E-state index in [4.69, 9.17) is 4.74 Å². The summed E-state index contributed by atoms with van der Waals surface area (Å²) >= 11 is 0. The molecule has 0 fully saturated rings. The van der Waals surface area contributed by atoms with Crippen LogP contribution in [0.3, 0.4) is 0 Å². The van der Waals surface area contributed by atoms with Crippen molar-refractivity contribution in [2.75, 3.05) is 19.0 Å². The van der Waals surface area contributed by atoms with Gasteiger partial charge in [0.05, 0.1) is 7.11 Å². The van der Waals surface area contributed by atoms with Gasteiger partial charge in [0.25, 0.3) is 11.8 Å².